The van der Waals surface area contributed by atoms with Gasteiger partial charge in [0, 0.05) is 32.3 Å². The van der Waals surface area contributed by atoms with Gasteiger partial charge in [-0.25, -0.2) is 9.78 Å². The maximum Gasteiger partial charge on any atom is 0.337 e. The number of carboxylic acids is 1. The van der Waals surface area contributed by atoms with Crippen LogP contribution in [0.15, 0.2) is 12.3 Å². The first-order valence-corrected chi connectivity index (χ1v) is 5.86. The summed E-state index contributed by atoms with van der Waals surface area (Å²) in [6.45, 7) is 1.65. The van der Waals surface area contributed by atoms with Crippen LogP contribution in [0, 0.1) is 0 Å². The van der Waals surface area contributed by atoms with E-state index in [0.29, 0.717) is 31.9 Å². The lowest BCUT2D eigenvalue weighted by atomic mass is 10.2. The van der Waals surface area contributed by atoms with Crippen LogP contribution in [0.1, 0.15) is 16.8 Å². The van der Waals surface area contributed by atoms with Crippen LogP contribution in [0.5, 0.6) is 0 Å². The van der Waals surface area contributed by atoms with Crippen molar-refractivity contribution in [3.05, 3.63) is 22.8 Å². The Labute approximate surface area is 109 Å². The molecule has 2 N–H and O–H groups in total. The number of carbonyl (C=O) groups is 2. The number of carbonyl (C=O) groups excluding carboxylic acids is 1. The van der Waals surface area contributed by atoms with Gasteiger partial charge in [0.05, 0.1) is 10.6 Å². The predicted molar refractivity (Wildman–Crippen MR) is 66.0 cm³/mol. The van der Waals surface area contributed by atoms with Gasteiger partial charge in [-0.3, -0.25) is 4.79 Å². The van der Waals surface area contributed by atoms with Gasteiger partial charge < -0.3 is 15.3 Å². The van der Waals surface area contributed by atoms with E-state index in [2.05, 4.69) is 10.3 Å². The normalized spacial score (nSPS) is 16.1. The number of carboxylic acid groups (broad SMARTS) is 1. The molecule has 2 heterocycles. The second kappa shape index (κ2) is 5.22. The first-order chi connectivity index (χ1) is 8.58. The second-order valence-corrected chi connectivity index (χ2v) is 4.33. The SMILES string of the molecule is O=C1CCN(c2ncc(C(=O)O)cc2Cl)CCN1. The van der Waals surface area contributed by atoms with Crippen LogP contribution >= 0.6 is 11.6 Å². The van der Waals surface area contributed by atoms with E-state index in [0.717, 1.165) is 0 Å². The highest BCUT2D eigenvalue weighted by Gasteiger charge is 2.18. The molecule has 1 saturated heterocycles. The molecule has 0 bridgehead atoms. The molecule has 0 unspecified atom stereocenters. The zero-order valence-corrected chi connectivity index (χ0v) is 10.3. The van der Waals surface area contributed by atoms with E-state index in [-0.39, 0.29) is 16.5 Å². The number of halogens is 1. The maximum absolute atomic E-state index is 11.2. The van der Waals surface area contributed by atoms with E-state index in [9.17, 15) is 9.59 Å². The van der Waals surface area contributed by atoms with E-state index < -0.39 is 5.97 Å². The summed E-state index contributed by atoms with van der Waals surface area (Å²) in [7, 11) is 0. The summed E-state index contributed by atoms with van der Waals surface area (Å²) in [6.07, 6.45) is 1.64. The molecular weight excluding hydrogens is 258 g/mol. The van der Waals surface area contributed by atoms with Gasteiger partial charge in [0.1, 0.15) is 5.82 Å². The molecule has 1 aliphatic heterocycles. The fourth-order valence-corrected chi connectivity index (χ4v) is 2.04. The summed E-state index contributed by atoms with van der Waals surface area (Å²) in [6, 6.07) is 1.37. The van der Waals surface area contributed by atoms with E-state index in [1.165, 1.54) is 12.3 Å². The van der Waals surface area contributed by atoms with Gasteiger partial charge in [0.2, 0.25) is 5.91 Å². The Bertz CT molecular complexity index is 492. The summed E-state index contributed by atoms with van der Waals surface area (Å²) in [5.74, 6) is -0.558. The standard InChI is InChI=1S/C11H12ClN3O3/c12-8-5-7(11(17)18)6-14-10(8)15-3-1-9(16)13-2-4-15/h5-6H,1-4H2,(H,13,16)(H,17,18). The number of pyridine rings is 1. The Kier molecular flexibility index (Phi) is 3.66. The molecule has 6 nitrogen and oxygen atoms in total. The van der Waals surface area contributed by atoms with E-state index in [4.69, 9.17) is 16.7 Å². The predicted octanol–water partition coefficient (Wildman–Crippen LogP) is 0.760. The molecular formula is C11H12ClN3O3. The molecule has 7 heteroatoms. The molecule has 0 aliphatic carbocycles. The highest BCUT2D eigenvalue weighted by Crippen LogP contribution is 2.24. The highest BCUT2D eigenvalue weighted by molar-refractivity contribution is 6.33. The lowest BCUT2D eigenvalue weighted by molar-refractivity contribution is -0.120. The molecule has 0 saturated carbocycles. The third kappa shape index (κ3) is 2.70. The number of rotatable bonds is 2. The Hall–Kier alpha value is -1.82. The largest absolute Gasteiger partial charge is 0.478 e. The molecule has 0 atom stereocenters. The van der Waals surface area contributed by atoms with Crippen molar-refractivity contribution in [1.29, 1.82) is 0 Å². The number of hydrogen-bond acceptors (Lipinski definition) is 4. The first kappa shape index (κ1) is 12.6. The molecule has 0 spiro atoms. The number of nitrogens with zero attached hydrogens (tertiary/aromatic N) is 2. The van der Waals surface area contributed by atoms with Gasteiger partial charge in [-0.2, -0.15) is 0 Å². The number of anilines is 1. The molecule has 1 aromatic rings. The van der Waals surface area contributed by atoms with Gasteiger partial charge in [-0.1, -0.05) is 11.6 Å². The van der Waals surface area contributed by atoms with E-state index >= 15 is 0 Å². The summed E-state index contributed by atoms with van der Waals surface area (Å²) in [5, 5.41) is 11.9. The lowest BCUT2D eigenvalue weighted by Crippen LogP contribution is -2.29. The van der Waals surface area contributed by atoms with Crippen LogP contribution in [-0.2, 0) is 4.79 Å². The molecule has 96 valence electrons. The third-order valence-corrected chi connectivity index (χ3v) is 2.96. The molecule has 1 amide bonds. The number of aromatic nitrogens is 1. The minimum absolute atomic E-state index is 0.00391. The van der Waals surface area contributed by atoms with Gasteiger partial charge in [-0.05, 0) is 6.07 Å². The van der Waals surface area contributed by atoms with Crippen LogP contribution in [-0.4, -0.2) is 41.6 Å². The van der Waals surface area contributed by atoms with Gasteiger partial charge in [0.15, 0.2) is 0 Å². The van der Waals surface area contributed by atoms with Crippen molar-refractivity contribution in [3.63, 3.8) is 0 Å². The molecule has 1 aliphatic rings. The molecule has 0 aromatic carbocycles. The second-order valence-electron chi connectivity index (χ2n) is 3.92. The summed E-state index contributed by atoms with van der Waals surface area (Å²) in [4.78, 5) is 27.9. The van der Waals surface area contributed by atoms with Gasteiger partial charge in [-0.15, -0.1) is 0 Å². The monoisotopic (exact) mass is 269 g/mol. The minimum atomic E-state index is -1.07. The molecule has 18 heavy (non-hydrogen) atoms. The molecule has 2 rings (SSSR count). The van der Waals surface area contributed by atoms with Gasteiger partial charge in [0.25, 0.3) is 0 Å². The van der Waals surface area contributed by atoms with Crippen LogP contribution in [0.2, 0.25) is 5.02 Å². The summed E-state index contributed by atoms with van der Waals surface area (Å²) < 4.78 is 0. The molecule has 1 fully saturated rings. The zero-order valence-electron chi connectivity index (χ0n) is 9.52. The highest BCUT2D eigenvalue weighted by atomic mass is 35.5. The fourth-order valence-electron chi connectivity index (χ4n) is 1.76. The molecule has 1 aromatic heterocycles. The Morgan fingerprint density at radius 3 is 2.94 bits per heavy atom. The Balaban J connectivity index is 2.22. The number of hydrogen-bond donors (Lipinski definition) is 2. The zero-order chi connectivity index (χ0) is 13.1. The van der Waals surface area contributed by atoms with Crippen molar-refractivity contribution >= 4 is 29.3 Å². The topological polar surface area (TPSA) is 82.5 Å². The van der Waals surface area contributed by atoms with Crippen LogP contribution in [0.3, 0.4) is 0 Å². The van der Waals surface area contributed by atoms with Crippen molar-refractivity contribution < 1.29 is 14.7 Å². The third-order valence-electron chi connectivity index (χ3n) is 2.68. The van der Waals surface area contributed by atoms with Crippen molar-refractivity contribution in [3.8, 4) is 0 Å². The smallest absolute Gasteiger partial charge is 0.337 e. The van der Waals surface area contributed by atoms with E-state index in [1.54, 1.807) is 0 Å². The van der Waals surface area contributed by atoms with Gasteiger partial charge >= 0.3 is 5.97 Å². The minimum Gasteiger partial charge on any atom is -0.478 e. The quantitative estimate of drug-likeness (QED) is 0.828. The van der Waals surface area contributed by atoms with Crippen LogP contribution < -0.4 is 10.2 Å². The van der Waals surface area contributed by atoms with Crippen LogP contribution in [0.4, 0.5) is 5.82 Å². The van der Waals surface area contributed by atoms with Crippen molar-refractivity contribution in [2.45, 2.75) is 6.42 Å². The summed E-state index contributed by atoms with van der Waals surface area (Å²) in [5.41, 5.74) is 0.0489. The number of aromatic carboxylic acids is 1. The van der Waals surface area contributed by atoms with Crippen LogP contribution in [0.25, 0.3) is 0 Å². The van der Waals surface area contributed by atoms with E-state index in [1.807, 2.05) is 4.90 Å². The maximum atomic E-state index is 11.2. The van der Waals surface area contributed by atoms with Crippen molar-refractivity contribution in [2.24, 2.45) is 0 Å². The Morgan fingerprint density at radius 2 is 2.28 bits per heavy atom. The number of amides is 1. The fraction of sp³-hybridized carbons (Fsp3) is 0.364. The lowest BCUT2D eigenvalue weighted by Gasteiger charge is -2.21. The Morgan fingerprint density at radius 1 is 1.50 bits per heavy atom. The summed E-state index contributed by atoms with van der Waals surface area (Å²) >= 11 is 6.02. The van der Waals surface area contributed by atoms with Crippen molar-refractivity contribution in [2.75, 3.05) is 24.5 Å². The average molecular weight is 270 g/mol. The molecule has 0 radical (unpaired) electrons. The average Bonchev–Trinajstić information content (AvgIpc) is 2.54. The number of nitrogens with one attached hydrogen (secondary N) is 1. The first-order valence-electron chi connectivity index (χ1n) is 5.48. The van der Waals surface area contributed by atoms with Crippen molar-refractivity contribution in [1.82, 2.24) is 10.3 Å².